The molecule has 1 aliphatic carbocycles. The Morgan fingerprint density at radius 1 is 1.07 bits per heavy atom. The number of piperidine rings is 1. The van der Waals surface area contributed by atoms with Crippen LogP contribution < -0.4 is 10.1 Å². The van der Waals surface area contributed by atoms with Crippen LogP contribution in [-0.2, 0) is 4.79 Å². The van der Waals surface area contributed by atoms with Gasteiger partial charge in [-0.15, -0.1) is 0 Å². The molecule has 0 atom stereocenters. The third-order valence-electron chi connectivity index (χ3n) is 5.74. The van der Waals surface area contributed by atoms with Crippen molar-refractivity contribution in [2.45, 2.75) is 25.7 Å². The quantitative estimate of drug-likeness (QED) is 0.825. The van der Waals surface area contributed by atoms with Crippen LogP contribution in [0.3, 0.4) is 0 Å². The fourth-order valence-electron chi connectivity index (χ4n) is 3.91. The molecule has 2 aromatic carbocycles. The molecular formula is C23H28N2O2. The van der Waals surface area contributed by atoms with E-state index in [1.807, 2.05) is 48.5 Å². The molecule has 4 rings (SSSR count). The molecule has 0 spiro atoms. The van der Waals surface area contributed by atoms with E-state index in [0.717, 1.165) is 54.4 Å². The average molecular weight is 364 g/mol. The molecule has 2 fully saturated rings. The number of rotatable bonds is 6. The lowest BCUT2D eigenvalue weighted by Gasteiger charge is -2.31. The molecule has 1 N–H and O–H groups in total. The Morgan fingerprint density at radius 2 is 1.85 bits per heavy atom. The summed E-state index contributed by atoms with van der Waals surface area (Å²) in [6.45, 7) is 3.32. The highest BCUT2D eigenvalue weighted by Crippen LogP contribution is 2.33. The standard InChI is InChI=1S/C23H28N2O2/c1-27-20-6-4-5-19(15-20)21-7-2-3-8-22(21)24-23(26)18-11-13-25(14-12-18)16-17-9-10-17/h2-8,15,17-18H,9-14,16H2,1H3,(H,24,26). The van der Waals surface area contributed by atoms with Gasteiger partial charge in [0, 0.05) is 23.7 Å². The zero-order valence-corrected chi connectivity index (χ0v) is 16.0. The van der Waals surface area contributed by atoms with Crippen molar-refractivity contribution in [3.8, 4) is 16.9 Å². The normalized spacial score (nSPS) is 18.3. The highest BCUT2D eigenvalue weighted by atomic mass is 16.5. The number of nitrogens with zero attached hydrogens (tertiary/aromatic N) is 1. The van der Waals surface area contributed by atoms with E-state index in [0.29, 0.717) is 0 Å². The smallest absolute Gasteiger partial charge is 0.227 e. The monoisotopic (exact) mass is 364 g/mol. The van der Waals surface area contributed by atoms with E-state index in [4.69, 9.17) is 4.74 Å². The summed E-state index contributed by atoms with van der Waals surface area (Å²) in [7, 11) is 1.67. The molecule has 2 aromatic rings. The summed E-state index contributed by atoms with van der Waals surface area (Å²) in [6.07, 6.45) is 4.70. The maximum absolute atomic E-state index is 12.9. The van der Waals surface area contributed by atoms with Crippen LogP contribution in [-0.4, -0.2) is 37.6 Å². The van der Waals surface area contributed by atoms with Gasteiger partial charge in [-0.3, -0.25) is 4.79 Å². The molecule has 2 aliphatic rings. The highest BCUT2D eigenvalue weighted by molar-refractivity contribution is 5.96. The molecule has 0 unspecified atom stereocenters. The number of benzene rings is 2. The largest absolute Gasteiger partial charge is 0.497 e. The zero-order valence-electron chi connectivity index (χ0n) is 16.0. The van der Waals surface area contributed by atoms with Crippen LogP contribution in [0.5, 0.6) is 5.75 Å². The van der Waals surface area contributed by atoms with Crippen molar-refractivity contribution >= 4 is 11.6 Å². The van der Waals surface area contributed by atoms with Crippen molar-refractivity contribution < 1.29 is 9.53 Å². The summed E-state index contributed by atoms with van der Waals surface area (Å²) >= 11 is 0. The Hall–Kier alpha value is -2.33. The summed E-state index contributed by atoms with van der Waals surface area (Å²) in [4.78, 5) is 15.4. The summed E-state index contributed by atoms with van der Waals surface area (Å²) in [5, 5.41) is 3.19. The van der Waals surface area contributed by atoms with E-state index in [-0.39, 0.29) is 11.8 Å². The summed E-state index contributed by atoms with van der Waals surface area (Å²) in [5.74, 6) is 2.00. The van der Waals surface area contributed by atoms with Gasteiger partial charge in [0.2, 0.25) is 5.91 Å². The lowest BCUT2D eigenvalue weighted by atomic mass is 9.95. The number of likely N-dealkylation sites (tertiary alicyclic amines) is 1. The number of carbonyl (C=O) groups is 1. The van der Waals surface area contributed by atoms with E-state index in [9.17, 15) is 4.79 Å². The Bertz CT molecular complexity index is 792. The number of para-hydroxylation sites is 1. The van der Waals surface area contributed by atoms with Gasteiger partial charge in [0.25, 0.3) is 0 Å². The Labute approximate surface area is 161 Å². The van der Waals surface area contributed by atoms with Crippen LogP contribution in [0.25, 0.3) is 11.1 Å². The van der Waals surface area contributed by atoms with Gasteiger partial charge in [-0.25, -0.2) is 0 Å². The molecule has 0 aromatic heterocycles. The molecule has 0 radical (unpaired) electrons. The SMILES string of the molecule is COc1cccc(-c2ccccc2NC(=O)C2CCN(CC3CC3)CC2)c1. The van der Waals surface area contributed by atoms with Gasteiger partial charge in [0.05, 0.1) is 7.11 Å². The second kappa shape index (κ2) is 8.13. The van der Waals surface area contributed by atoms with Crippen molar-refractivity contribution in [1.82, 2.24) is 4.90 Å². The van der Waals surface area contributed by atoms with Crippen molar-refractivity contribution in [2.24, 2.45) is 11.8 Å². The lowest BCUT2D eigenvalue weighted by Crippen LogP contribution is -2.39. The van der Waals surface area contributed by atoms with Gasteiger partial charge in [-0.05, 0) is 68.5 Å². The van der Waals surface area contributed by atoms with Crippen LogP contribution in [0.1, 0.15) is 25.7 Å². The number of amides is 1. The number of methoxy groups -OCH3 is 1. The first-order valence-corrected chi connectivity index (χ1v) is 9.99. The first-order valence-electron chi connectivity index (χ1n) is 9.99. The van der Waals surface area contributed by atoms with Gasteiger partial charge in [0.15, 0.2) is 0 Å². The molecule has 4 nitrogen and oxygen atoms in total. The first kappa shape index (κ1) is 18.1. The minimum Gasteiger partial charge on any atom is -0.497 e. The second-order valence-electron chi connectivity index (χ2n) is 7.79. The van der Waals surface area contributed by atoms with Crippen LogP contribution in [0.15, 0.2) is 48.5 Å². The average Bonchev–Trinajstić information content (AvgIpc) is 3.53. The highest BCUT2D eigenvalue weighted by Gasteiger charge is 2.29. The van der Waals surface area contributed by atoms with Crippen LogP contribution in [0, 0.1) is 11.8 Å². The molecule has 1 saturated heterocycles. The first-order chi connectivity index (χ1) is 13.2. The molecule has 27 heavy (non-hydrogen) atoms. The fourth-order valence-corrected chi connectivity index (χ4v) is 3.91. The van der Waals surface area contributed by atoms with E-state index >= 15 is 0 Å². The van der Waals surface area contributed by atoms with Crippen LogP contribution in [0.2, 0.25) is 0 Å². The van der Waals surface area contributed by atoms with E-state index in [2.05, 4.69) is 10.2 Å². The van der Waals surface area contributed by atoms with Crippen molar-refractivity contribution in [3.63, 3.8) is 0 Å². The number of carbonyl (C=O) groups excluding carboxylic acids is 1. The number of anilines is 1. The van der Waals surface area contributed by atoms with Gasteiger partial charge < -0.3 is 15.0 Å². The Kier molecular flexibility index (Phi) is 5.44. The zero-order chi connectivity index (χ0) is 18.6. The van der Waals surface area contributed by atoms with Gasteiger partial charge in [0.1, 0.15) is 5.75 Å². The number of ether oxygens (including phenoxy) is 1. The Morgan fingerprint density at radius 3 is 2.59 bits per heavy atom. The fraction of sp³-hybridized carbons (Fsp3) is 0.435. The molecule has 1 amide bonds. The second-order valence-corrected chi connectivity index (χ2v) is 7.79. The van der Waals surface area contributed by atoms with Crippen molar-refractivity contribution in [2.75, 3.05) is 32.1 Å². The van der Waals surface area contributed by atoms with E-state index in [1.165, 1.54) is 19.4 Å². The van der Waals surface area contributed by atoms with Crippen LogP contribution >= 0.6 is 0 Å². The minimum atomic E-state index is 0.110. The molecule has 1 heterocycles. The predicted molar refractivity (Wildman–Crippen MR) is 109 cm³/mol. The van der Waals surface area contributed by atoms with Crippen molar-refractivity contribution in [1.29, 1.82) is 0 Å². The minimum absolute atomic E-state index is 0.110. The molecule has 142 valence electrons. The van der Waals surface area contributed by atoms with E-state index < -0.39 is 0 Å². The maximum Gasteiger partial charge on any atom is 0.227 e. The molecule has 1 aliphatic heterocycles. The van der Waals surface area contributed by atoms with E-state index in [1.54, 1.807) is 7.11 Å². The molecule has 0 bridgehead atoms. The van der Waals surface area contributed by atoms with Crippen molar-refractivity contribution in [3.05, 3.63) is 48.5 Å². The molecule has 1 saturated carbocycles. The van der Waals surface area contributed by atoms with Gasteiger partial charge in [-0.2, -0.15) is 0 Å². The van der Waals surface area contributed by atoms with Gasteiger partial charge >= 0.3 is 0 Å². The lowest BCUT2D eigenvalue weighted by molar-refractivity contribution is -0.121. The maximum atomic E-state index is 12.9. The molecular weight excluding hydrogens is 336 g/mol. The number of hydrogen-bond acceptors (Lipinski definition) is 3. The third-order valence-corrected chi connectivity index (χ3v) is 5.74. The topological polar surface area (TPSA) is 41.6 Å². The van der Waals surface area contributed by atoms with Gasteiger partial charge in [-0.1, -0.05) is 30.3 Å². The summed E-state index contributed by atoms with van der Waals surface area (Å²) in [6, 6.07) is 15.9. The Balaban J connectivity index is 1.42. The summed E-state index contributed by atoms with van der Waals surface area (Å²) in [5.41, 5.74) is 2.94. The summed E-state index contributed by atoms with van der Waals surface area (Å²) < 4.78 is 5.34. The van der Waals surface area contributed by atoms with Crippen LogP contribution in [0.4, 0.5) is 5.69 Å². The predicted octanol–water partition coefficient (Wildman–Crippen LogP) is 4.42. The number of nitrogens with one attached hydrogen (secondary N) is 1. The number of hydrogen-bond donors (Lipinski definition) is 1. The molecule has 4 heteroatoms. The third kappa shape index (κ3) is 4.51.